The smallest absolute Gasteiger partial charge is 0.237 e. The van der Waals surface area contributed by atoms with Crippen LogP contribution in [0, 0.1) is 13.8 Å². The van der Waals surface area contributed by atoms with Crippen LogP contribution in [-0.2, 0) is 11.2 Å². The molecule has 1 rings (SSSR count). The fraction of sp³-hybridized carbons (Fsp3) is 0.462. The van der Waals surface area contributed by atoms with Crippen molar-refractivity contribution in [2.24, 2.45) is 5.73 Å². The molecule has 0 saturated carbocycles. The van der Waals surface area contributed by atoms with Crippen LogP contribution in [0.25, 0.3) is 0 Å². The Bertz CT molecular complexity index is 416. The molecular formula is C13H20N2O2. The molecule has 4 nitrogen and oxygen atoms in total. The zero-order chi connectivity index (χ0) is 13.0. The average Bonchev–Trinajstić information content (AvgIpc) is 2.32. The fourth-order valence-electron chi connectivity index (χ4n) is 1.80. The van der Waals surface area contributed by atoms with Crippen molar-refractivity contribution in [2.75, 3.05) is 14.2 Å². The first-order chi connectivity index (χ1) is 7.99. The molecule has 0 spiro atoms. The summed E-state index contributed by atoms with van der Waals surface area (Å²) in [6, 6.07) is 3.49. The molecule has 0 aromatic heterocycles. The molecule has 0 fully saturated rings. The summed E-state index contributed by atoms with van der Waals surface area (Å²) in [5.41, 5.74) is 9.03. The Morgan fingerprint density at radius 1 is 1.41 bits per heavy atom. The van der Waals surface area contributed by atoms with Gasteiger partial charge in [0.05, 0.1) is 13.2 Å². The molecule has 94 valence electrons. The summed E-state index contributed by atoms with van der Waals surface area (Å²) >= 11 is 0. The first kappa shape index (κ1) is 13.5. The predicted octanol–water partition coefficient (Wildman–Crippen LogP) is 0.928. The van der Waals surface area contributed by atoms with Gasteiger partial charge in [-0.3, -0.25) is 4.79 Å². The van der Waals surface area contributed by atoms with Crippen LogP contribution in [0.1, 0.15) is 16.7 Å². The van der Waals surface area contributed by atoms with Crippen molar-refractivity contribution < 1.29 is 9.53 Å². The van der Waals surface area contributed by atoms with Crippen molar-refractivity contribution in [3.8, 4) is 5.75 Å². The largest absolute Gasteiger partial charge is 0.496 e. The van der Waals surface area contributed by atoms with Gasteiger partial charge in [0.15, 0.2) is 0 Å². The zero-order valence-electron chi connectivity index (χ0n) is 10.8. The van der Waals surface area contributed by atoms with Crippen molar-refractivity contribution in [1.29, 1.82) is 0 Å². The van der Waals surface area contributed by atoms with Crippen LogP contribution in [0.3, 0.4) is 0 Å². The number of ether oxygens (including phenoxy) is 1. The number of benzene rings is 1. The molecule has 17 heavy (non-hydrogen) atoms. The molecule has 0 aliphatic heterocycles. The molecule has 4 heteroatoms. The minimum absolute atomic E-state index is 0.141. The summed E-state index contributed by atoms with van der Waals surface area (Å²) in [5, 5.41) is 2.55. The van der Waals surface area contributed by atoms with E-state index in [4.69, 9.17) is 10.5 Å². The van der Waals surface area contributed by atoms with Gasteiger partial charge in [-0.1, -0.05) is 6.07 Å². The van der Waals surface area contributed by atoms with Gasteiger partial charge in [0.25, 0.3) is 0 Å². The van der Waals surface area contributed by atoms with E-state index in [1.54, 1.807) is 14.2 Å². The average molecular weight is 236 g/mol. The van der Waals surface area contributed by atoms with Crippen LogP contribution in [0.5, 0.6) is 5.75 Å². The van der Waals surface area contributed by atoms with Gasteiger partial charge in [0, 0.05) is 7.05 Å². The quantitative estimate of drug-likeness (QED) is 0.817. The van der Waals surface area contributed by atoms with Crippen molar-refractivity contribution in [3.05, 3.63) is 28.8 Å². The van der Waals surface area contributed by atoms with Crippen LogP contribution >= 0.6 is 0 Å². The van der Waals surface area contributed by atoms with Crippen LogP contribution in [0.15, 0.2) is 12.1 Å². The van der Waals surface area contributed by atoms with Crippen molar-refractivity contribution in [2.45, 2.75) is 26.3 Å². The number of nitrogens with one attached hydrogen (secondary N) is 1. The van der Waals surface area contributed by atoms with Crippen LogP contribution in [0.4, 0.5) is 0 Å². The number of rotatable bonds is 4. The van der Waals surface area contributed by atoms with Crippen LogP contribution < -0.4 is 15.8 Å². The third-order valence-corrected chi connectivity index (χ3v) is 2.88. The predicted molar refractivity (Wildman–Crippen MR) is 68.2 cm³/mol. The highest BCUT2D eigenvalue weighted by atomic mass is 16.5. The fourth-order valence-corrected chi connectivity index (χ4v) is 1.80. The van der Waals surface area contributed by atoms with Gasteiger partial charge in [-0.25, -0.2) is 0 Å². The Morgan fingerprint density at radius 2 is 2.06 bits per heavy atom. The summed E-state index contributed by atoms with van der Waals surface area (Å²) in [5.74, 6) is 0.720. The monoisotopic (exact) mass is 236 g/mol. The van der Waals surface area contributed by atoms with Gasteiger partial charge in [0.1, 0.15) is 5.75 Å². The molecule has 0 aliphatic rings. The second-order valence-electron chi connectivity index (χ2n) is 4.17. The van der Waals surface area contributed by atoms with E-state index in [-0.39, 0.29) is 5.91 Å². The first-order valence-corrected chi connectivity index (χ1v) is 5.61. The number of nitrogens with two attached hydrogens (primary N) is 1. The number of carbonyl (C=O) groups is 1. The highest BCUT2D eigenvalue weighted by Gasteiger charge is 2.14. The van der Waals surface area contributed by atoms with E-state index >= 15 is 0 Å². The van der Waals surface area contributed by atoms with Gasteiger partial charge in [-0.2, -0.15) is 0 Å². The molecule has 0 saturated heterocycles. The number of aryl methyl sites for hydroxylation is 2. The van der Waals surface area contributed by atoms with Gasteiger partial charge in [0.2, 0.25) is 5.91 Å². The van der Waals surface area contributed by atoms with Crippen molar-refractivity contribution >= 4 is 5.91 Å². The maximum Gasteiger partial charge on any atom is 0.237 e. The summed E-state index contributed by atoms with van der Waals surface area (Å²) in [6.07, 6.45) is 0.538. The molecule has 1 unspecified atom stereocenters. The van der Waals surface area contributed by atoms with Gasteiger partial charge in [-0.15, -0.1) is 0 Å². The summed E-state index contributed by atoms with van der Waals surface area (Å²) in [4.78, 5) is 11.4. The number of carbonyl (C=O) groups excluding carboxylic acids is 1. The van der Waals surface area contributed by atoms with E-state index in [1.165, 1.54) is 0 Å². The molecule has 1 atom stereocenters. The molecular weight excluding hydrogens is 216 g/mol. The molecule has 0 heterocycles. The Balaban J connectivity index is 2.92. The first-order valence-electron chi connectivity index (χ1n) is 5.61. The number of hydrogen-bond acceptors (Lipinski definition) is 3. The molecule has 1 amide bonds. The summed E-state index contributed by atoms with van der Waals surface area (Å²) in [7, 11) is 3.24. The number of likely N-dealkylation sites (N-methyl/N-ethyl adjacent to an activating group) is 1. The SMILES string of the molecule is CNC(=O)C(N)Cc1cc(C)c(OC)cc1C. The second kappa shape index (κ2) is 5.68. The van der Waals surface area contributed by atoms with E-state index < -0.39 is 6.04 Å². The summed E-state index contributed by atoms with van der Waals surface area (Å²) in [6.45, 7) is 3.97. The number of hydrogen-bond donors (Lipinski definition) is 2. The lowest BCUT2D eigenvalue weighted by Crippen LogP contribution is -2.40. The van der Waals surface area contributed by atoms with Gasteiger partial charge < -0.3 is 15.8 Å². The Hall–Kier alpha value is -1.55. The molecule has 0 radical (unpaired) electrons. The van der Waals surface area contributed by atoms with Crippen LogP contribution in [-0.4, -0.2) is 26.1 Å². The van der Waals surface area contributed by atoms with Crippen molar-refractivity contribution in [1.82, 2.24) is 5.32 Å². The van der Waals surface area contributed by atoms with E-state index in [2.05, 4.69) is 5.32 Å². The highest BCUT2D eigenvalue weighted by Crippen LogP contribution is 2.23. The molecule has 0 aliphatic carbocycles. The standard InChI is InChI=1S/C13H20N2O2/c1-8-6-12(17-4)9(2)5-10(8)7-11(14)13(16)15-3/h5-6,11H,7,14H2,1-4H3,(H,15,16). The van der Waals surface area contributed by atoms with E-state index in [1.807, 2.05) is 26.0 Å². The highest BCUT2D eigenvalue weighted by molar-refractivity contribution is 5.81. The van der Waals surface area contributed by atoms with E-state index in [0.29, 0.717) is 6.42 Å². The molecule has 1 aromatic carbocycles. The normalized spacial score (nSPS) is 12.1. The minimum atomic E-state index is -0.508. The topological polar surface area (TPSA) is 64.4 Å². The number of methoxy groups -OCH3 is 1. The third-order valence-electron chi connectivity index (χ3n) is 2.88. The number of amides is 1. The summed E-state index contributed by atoms with van der Waals surface area (Å²) < 4.78 is 5.24. The lowest BCUT2D eigenvalue weighted by Gasteiger charge is -2.14. The minimum Gasteiger partial charge on any atom is -0.496 e. The Kier molecular flexibility index (Phi) is 4.52. The van der Waals surface area contributed by atoms with Crippen molar-refractivity contribution in [3.63, 3.8) is 0 Å². The maximum absolute atomic E-state index is 11.4. The van der Waals surface area contributed by atoms with Crippen LogP contribution in [0.2, 0.25) is 0 Å². The van der Waals surface area contributed by atoms with E-state index in [9.17, 15) is 4.79 Å². The maximum atomic E-state index is 11.4. The second-order valence-corrected chi connectivity index (χ2v) is 4.17. The van der Waals surface area contributed by atoms with Gasteiger partial charge >= 0.3 is 0 Å². The lowest BCUT2D eigenvalue weighted by molar-refractivity contribution is -0.121. The molecule has 3 N–H and O–H groups in total. The Labute approximate surface area is 102 Å². The van der Waals surface area contributed by atoms with E-state index in [0.717, 1.165) is 22.4 Å². The zero-order valence-corrected chi connectivity index (χ0v) is 10.8. The third kappa shape index (κ3) is 3.20. The lowest BCUT2D eigenvalue weighted by atomic mass is 9.98. The van der Waals surface area contributed by atoms with Gasteiger partial charge in [-0.05, 0) is 43.0 Å². The molecule has 1 aromatic rings. The molecule has 0 bridgehead atoms. The Morgan fingerprint density at radius 3 is 2.59 bits per heavy atom.